The Labute approximate surface area is 69.1 Å². The highest BCUT2D eigenvalue weighted by atomic mass is 16.5. The number of carbonyl (C=O) groups is 1. The van der Waals surface area contributed by atoms with Gasteiger partial charge in [-0.3, -0.25) is 0 Å². The molecule has 4 heteroatoms. The van der Waals surface area contributed by atoms with Crippen molar-refractivity contribution in [1.29, 1.82) is 0 Å². The van der Waals surface area contributed by atoms with Gasteiger partial charge < -0.3 is 14.3 Å². The standard InChI is InChI=1S/C8H8O4/c1-2-8(10)12-5-7-6(9)3-4-11-7/h2-4,9H,1,5H2. The summed E-state index contributed by atoms with van der Waals surface area (Å²) >= 11 is 0. The maximum Gasteiger partial charge on any atom is 0.330 e. The summed E-state index contributed by atoms with van der Waals surface area (Å²) in [7, 11) is 0. The predicted octanol–water partition coefficient (Wildman–Crippen LogP) is 1.21. The first-order valence-electron chi connectivity index (χ1n) is 3.28. The van der Waals surface area contributed by atoms with Crippen molar-refractivity contribution < 1.29 is 19.1 Å². The van der Waals surface area contributed by atoms with Crippen LogP contribution in [0.5, 0.6) is 5.75 Å². The van der Waals surface area contributed by atoms with E-state index >= 15 is 0 Å². The summed E-state index contributed by atoms with van der Waals surface area (Å²) in [5.41, 5.74) is 0. The van der Waals surface area contributed by atoms with Gasteiger partial charge in [-0.15, -0.1) is 0 Å². The third kappa shape index (κ3) is 1.88. The van der Waals surface area contributed by atoms with Crippen molar-refractivity contribution in [2.75, 3.05) is 0 Å². The number of carbonyl (C=O) groups excluding carboxylic acids is 1. The zero-order chi connectivity index (χ0) is 8.97. The second-order valence-electron chi connectivity index (χ2n) is 2.04. The van der Waals surface area contributed by atoms with E-state index in [0.29, 0.717) is 0 Å². The fraction of sp³-hybridized carbons (Fsp3) is 0.125. The molecule has 0 aromatic carbocycles. The normalized spacial score (nSPS) is 9.33. The summed E-state index contributed by atoms with van der Waals surface area (Å²) in [6.45, 7) is 3.14. The molecular weight excluding hydrogens is 160 g/mol. The molecule has 1 rings (SSSR count). The SMILES string of the molecule is C=CC(=O)OCc1occc1O. The van der Waals surface area contributed by atoms with Crippen molar-refractivity contribution in [2.24, 2.45) is 0 Å². The number of hydrogen-bond acceptors (Lipinski definition) is 4. The van der Waals surface area contributed by atoms with Crippen molar-refractivity contribution in [1.82, 2.24) is 0 Å². The highest BCUT2D eigenvalue weighted by Gasteiger charge is 2.05. The highest BCUT2D eigenvalue weighted by Crippen LogP contribution is 2.17. The van der Waals surface area contributed by atoms with Crippen molar-refractivity contribution in [3.8, 4) is 5.75 Å². The molecule has 0 fully saturated rings. The van der Waals surface area contributed by atoms with Gasteiger partial charge in [-0.25, -0.2) is 4.79 Å². The van der Waals surface area contributed by atoms with Crippen LogP contribution >= 0.6 is 0 Å². The molecular formula is C8H8O4. The maximum absolute atomic E-state index is 10.6. The number of furan rings is 1. The average Bonchev–Trinajstić information content (AvgIpc) is 2.47. The molecule has 1 aromatic heterocycles. The van der Waals surface area contributed by atoms with Crippen LogP contribution in [0, 0.1) is 0 Å². The Morgan fingerprint density at radius 1 is 1.83 bits per heavy atom. The van der Waals surface area contributed by atoms with Crippen LogP contribution in [0.4, 0.5) is 0 Å². The summed E-state index contributed by atoms with van der Waals surface area (Å²) in [6.07, 6.45) is 2.35. The van der Waals surface area contributed by atoms with Crippen LogP contribution in [0.1, 0.15) is 5.76 Å². The molecule has 0 aliphatic heterocycles. The van der Waals surface area contributed by atoms with E-state index in [9.17, 15) is 4.79 Å². The van der Waals surface area contributed by atoms with Gasteiger partial charge in [0.05, 0.1) is 6.26 Å². The Balaban J connectivity index is 2.48. The highest BCUT2D eigenvalue weighted by molar-refractivity contribution is 5.81. The van der Waals surface area contributed by atoms with E-state index in [4.69, 9.17) is 9.52 Å². The van der Waals surface area contributed by atoms with Crippen LogP contribution in [0.15, 0.2) is 29.4 Å². The van der Waals surface area contributed by atoms with Crippen molar-refractivity contribution >= 4 is 5.97 Å². The second-order valence-corrected chi connectivity index (χ2v) is 2.04. The Kier molecular flexibility index (Phi) is 2.53. The maximum atomic E-state index is 10.6. The second kappa shape index (κ2) is 3.61. The predicted molar refractivity (Wildman–Crippen MR) is 40.4 cm³/mol. The van der Waals surface area contributed by atoms with E-state index in [-0.39, 0.29) is 18.1 Å². The number of aromatic hydroxyl groups is 1. The molecule has 0 atom stereocenters. The topological polar surface area (TPSA) is 59.7 Å². The van der Waals surface area contributed by atoms with E-state index in [1.807, 2.05) is 0 Å². The van der Waals surface area contributed by atoms with Crippen molar-refractivity contribution in [2.45, 2.75) is 6.61 Å². The largest absolute Gasteiger partial charge is 0.504 e. The van der Waals surface area contributed by atoms with Crippen molar-refractivity contribution in [3.63, 3.8) is 0 Å². The molecule has 0 radical (unpaired) electrons. The number of hydrogen-bond donors (Lipinski definition) is 1. The quantitative estimate of drug-likeness (QED) is 0.544. The molecule has 1 N–H and O–H groups in total. The summed E-state index contributed by atoms with van der Waals surface area (Å²) in [5.74, 6) is -0.345. The zero-order valence-electron chi connectivity index (χ0n) is 6.32. The Hall–Kier alpha value is -1.71. The van der Waals surface area contributed by atoms with Crippen LogP contribution in [0.2, 0.25) is 0 Å². The van der Waals surface area contributed by atoms with Crippen LogP contribution < -0.4 is 0 Å². The van der Waals surface area contributed by atoms with E-state index < -0.39 is 5.97 Å². The van der Waals surface area contributed by atoms with Gasteiger partial charge in [0, 0.05) is 12.1 Å². The van der Waals surface area contributed by atoms with E-state index in [1.165, 1.54) is 12.3 Å². The summed E-state index contributed by atoms with van der Waals surface area (Å²) in [6, 6.07) is 1.37. The van der Waals surface area contributed by atoms with Gasteiger partial charge in [-0.2, -0.15) is 0 Å². The van der Waals surface area contributed by atoms with E-state index in [2.05, 4.69) is 11.3 Å². The minimum absolute atomic E-state index is 0.0214. The fourth-order valence-corrected chi connectivity index (χ4v) is 0.637. The lowest BCUT2D eigenvalue weighted by atomic mass is 10.4. The number of rotatable bonds is 3. The van der Waals surface area contributed by atoms with Gasteiger partial charge in [0.25, 0.3) is 0 Å². The molecule has 0 aliphatic carbocycles. The third-order valence-corrected chi connectivity index (χ3v) is 1.23. The first-order chi connectivity index (χ1) is 5.74. The molecule has 0 unspecified atom stereocenters. The first-order valence-corrected chi connectivity index (χ1v) is 3.28. The molecule has 0 spiro atoms. The number of ether oxygens (including phenoxy) is 1. The van der Waals surface area contributed by atoms with Crippen LogP contribution in [0.3, 0.4) is 0 Å². The molecule has 0 amide bonds. The summed E-state index contributed by atoms with van der Waals surface area (Å²) in [5, 5.41) is 9.03. The van der Waals surface area contributed by atoms with Crippen LogP contribution in [0.25, 0.3) is 0 Å². The lowest BCUT2D eigenvalue weighted by molar-refractivity contribution is -0.139. The molecule has 0 saturated heterocycles. The Morgan fingerprint density at radius 3 is 3.08 bits per heavy atom. The molecule has 0 saturated carbocycles. The van der Waals surface area contributed by atoms with Crippen LogP contribution in [-0.4, -0.2) is 11.1 Å². The molecule has 0 bridgehead atoms. The van der Waals surface area contributed by atoms with Crippen LogP contribution in [-0.2, 0) is 16.1 Å². The molecule has 1 aromatic rings. The third-order valence-electron chi connectivity index (χ3n) is 1.23. The van der Waals surface area contributed by atoms with Gasteiger partial charge in [0.1, 0.15) is 0 Å². The van der Waals surface area contributed by atoms with E-state index in [1.54, 1.807) is 0 Å². The number of esters is 1. The Morgan fingerprint density at radius 2 is 2.58 bits per heavy atom. The van der Waals surface area contributed by atoms with Gasteiger partial charge in [0.15, 0.2) is 18.1 Å². The van der Waals surface area contributed by atoms with Crippen molar-refractivity contribution in [3.05, 3.63) is 30.7 Å². The molecule has 64 valence electrons. The van der Waals surface area contributed by atoms with Gasteiger partial charge in [-0.05, 0) is 0 Å². The monoisotopic (exact) mass is 168 g/mol. The smallest absolute Gasteiger partial charge is 0.330 e. The fourth-order valence-electron chi connectivity index (χ4n) is 0.637. The minimum atomic E-state index is -0.550. The lowest BCUT2D eigenvalue weighted by Gasteiger charge is -1.97. The average molecular weight is 168 g/mol. The first kappa shape index (κ1) is 8.39. The molecule has 1 heterocycles. The zero-order valence-corrected chi connectivity index (χ0v) is 6.32. The molecule has 0 aliphatic rings. The van der Waals surface area contributed by atoms with Gasteiger partial charge in [-0.1, -0.05) is 6.58 Å². The van der Waals surface area contributed by atoms with Gasteiger partial charge >= 0.3 is 5.97 Å². The summed E-state index contributed by atoms with van der Waals surface area (Å²) in [4.78, 5) is 10.6. The molecule has 12 heavy (non-hydrogen) atoms. The van der Waals surface area contributed by atoms with E-state index in [0.717, 1.165) is 6.08 Å². The minimum Gasteiger partial charge on any atom is -0.504 e. The van der Waals surface area contributed by atoms with Gasteiger partial charge in [0.2, 0.25) is 0 Å². The Bertz CT molecular complexity index is 287. The summed E-state index contributed by atoms with van der Waals surface area (Å²) < 4.78 is 9.40. The molecule has 4 nitrogen and oxygen atoms in total. The lowest BCUT2D eigenvalue weighted by Crippen LogP contribution is -1.99.